The van der Waals surface area contributed by atoms with Crippen LogP contribution in [-0.4, -0.2) is 80.1 Å². The molecule has 0 radical (unpaired) electrons. The molecule has 1 heterocycles. The zero-order valence-corrected chi connectivity index (χ0v) is 18.6. The first-order valence-corrected chi connectivity index (χ1v) is 11.2. The second kappa shape index (κ2) is 12.8. The van der Waals surface area contributed by atoms with E-state index in [1.54, 1.807) is 0 Å². The first kappa shape index (κ1) is 22.7. The summed E-state index contributed by atoms with van der Waals surface area (Å²) < 4.78 is 0. The molecule has 1 N–H and O–H groups in total. The molecule has 158 valence electrons. The van der Waals surface area contributed by atoms with E-state index in [2.05, 4.69) is 72.1 Å². The number of guanidine groups is 1. The van der Waals surface area contributed by atoms with Gasteiger partial charge in [0, 0.05) is 52.9 Å². The summed E-state index contributed by atoms with van der Waals surface area (Å²) in [7, 11) is 2.13. The van der Waals surface area contributed by atoms with Crippen molar-refractivity contribution < 1.29 is 0 Å². The van der Waals surface area contributed by atoms with Gasteiger partial charge in [0.1, 0.15) is 0 Å². The Bertz CT molecular complexity index is 561. The van der Waals surface area contributed by atoms with Crippen molar-refractivity contribution in [2.75, 3.05) is 59.4 Å². The fourth-order valence-corrected chi connectivity index (χ4v) is 3.66. The van der Waals surface area contributed by atoms with Crippen LogP contribution < -0.4 is 5.32 Å². The van der Waals surface area contributed by atoms with Crippen molar-refractivity contribution in [2.45, 2.75) is 46.6 Å². The maximum atomic E-state index is 4.86. The number of aliphatic imine (C=N–C) groups is 1. The molecule has 2 rings (SSSR count). The van der Waals surface area contributed by atoms with E-state index >= 15 is 0 Å². The maximum absolute atomic E-state index is 4.86. The SMILES string of the molecule is CCNC(=NCCCCN1CCN(CC)CC1)N(C)Cc1ccc(CC)cc1. The van der Waals surface area contributed by atoms with Gasteiger partial charge < -0.3 is 20.0 Å². The van der Waals surface area contributed by atoms with Gasteiger partial charge in [0.05, 0.1) is 0 Å². The number of aryl methyl sites for hydroxylation is 1. The molecule has 1 aromatic carbocycles. The molecule has 1 fully saturated rings. The van der Waals surface area contributed by atoms with Gasteiger partial charge in [0.15, 0.2) is 5.96 Å². The van der Waals surface area contributed by atoms with Gasteiger partial charge in [-0.15, -0.1) is 0 Å². The predicted molar refractivity (Wildman–Crippen MR) is 121 cm³/mol. The van der Waals surface area contributed by atoms with Crippen LogP contribution in [-0.2, 0) is 13.0 Å². The molecule has 1 aliphatic heterocycles. The molecule has 28 heavy (non-hydrogen) atoms. The molecular formula is C23H41N5. The van der Waals surface area contributed by atoms with E-state index in [-0.39, 0.29) is 0 Å². The highest BCUT2D eigenvalue weighted by atomic mass is 15.3. The lowest BCUT2D eigenvalue weighted by Gasteiger charge is -2.33. The Balaban J connectivity index is 1.73. The first-order valence-electron chi connectivity index (χ1n) is 11.2. The smallest absolute Gasteiger partial charge is 0.193 e. The van der Waals surface area contributed by atoms with Crippen molar-refractivity contribution in [2.24, 2.45) is 4.99 Å². The Morgan fingerprint density at radius 3 is 2.21 bits per heavy atom. The van der Waals surface area contributed by atoms with E-state index < -0.39 is 0 Å². The number of hydrogen-bond donors (Lipinski definition) is 1. The molecule has 0 amide bonds. The first-order chi connectivity index (χ1) is 13.7. The van der Waals surface area contributed by atoms with E-state index in [0.717, 1.165) is 38.4 Å². The molecule has 0 saturated carbocycles. The largest absolute Gasteiger partial charge is 0.357 e. The summed E-state index contributed by atoms with van der Waals surface area (Å²) in [5, 5.41) is 3.44. The fraction of sp³-hybridized carbons (Fsp3) is 0.696. The Hall–Kier alpha value is -1.59. The summed E-state index contributed by atoms with van der Waals surface area (Å²) in [4.78, 5) is 12.2. The van der Waals surface area contributed by atoms with Crippen molar-refractivity contribution in [3.63, 3.8) is 0 Å². The van der Waals surface area contributed by atoms with Crippen molar-refractivity contribution in [1.82, 2.24) is 20.0 Å². The molecule has 0 aliphatic carbocycles. The van der Waals surface area contributed by atoms with Crippen LogP contribution in [0.2, 0.25) is 0 Å². The molecule has 0 spiro atoms. The van der Waals surface area contributed by atoms with Crippen molar-refractivity contribution in [3.8, 4) is 0 Å². The number of likely N-dealkylation sites (N-methyl/N-ethyl adjacent to an activating group) is 1. The van der Waals surface area contributed by atoms with Gasteiger partial charge in [0.2, 0.25) is 0 Å². The molecule has 0 bridgehead atoms. The molecule has 0 aromatic heterocycles. The van der Waals surface area contributed by atoms with Crippen LogP contribution in [0.15, 0.2) is 29.3 Å². The molecule has 1 saturated heterocycles. The summed E-state index contributed by atoms with van der Waals surface area (Å²) in [5.41, 5.74) is 2.72. The second-order valence-electron chi connectivity index (χ2n) is 7.74. The van der Waals surface area contributed by atoms with Gasteiger partial charge in [-0.3, -0.25) is 4.99 Å². The highest BCUT2D eigenvalue weighted by Gasteiger charge is 2.14. The predicted octanol–water partition coefficient (Wildman–Crippen LogP) is 3.06. The Morgan fingerprint density at radius 2 is 1.61 bits per heavy atom. The molecule has 5 nitrogen and oxygen atoms in total. The van der Waals surface area contributed by atoms with Crippen LogP contribution in [0.5, 0.6) is 0 Å². The third-order valence-corrected chi connectivity index (χ3v) is 5.60. The average Bonchev–Trinajstić information content (AvgIpc) is 2.73. The minimum absolute atomic E-state index is 0.886. The highest BCUT2D eigenvalue weighted by molar-refractivity contribution is 5.79. The van der Waals surface area contributed by atoms with E-state index in [4.69, 9.17) is 4.99 Å². The zero-order chi connectivity index (χ0) is 20.2. The van der Waals surface area contributed by atoms with Gasteiger partial charge in [-0.2, -0.15) is 0 Å². The number of rotatable bonds is 10. The minimum atomic E-state index is 0.886. The van der Waals surface area contributed by atoms with Gasteiger partial charge in [-0.1, -0.05) is 38.1 Å². The second-order valence-corrected chi connectivity index (χ2v) is 7.74. The topological polar surface area (TPSA) is 34.1 Å². The summed E-state index contributed by atoms with van der Waals surface area (Å²) >= 11 is 0. The lowest BCUT2D eigenvalue weighted by molar-refractivity contribution is 0.136. The Kier molecular flexibility index (Phi) is 10.4. The van der Waals surface area contributed by atoms with Crippen molar-refractivity contribution in [3.05, 3.63) is 35.4 Å². The normalized spacial score (nSPS) is 16.4. The number of hydrogen-bond acceptors (Lipinski definition) is 3. The van der Waals surface area contributed by atoms with Gasteiger partial charge in [-0.05, 0) is 50.4 Å². The van der Waals surface area contributed by atoms with E-state index in [9.17, 15) is 0 Å². The van der Waals surface area contributed by atoms with Crippen LogP contribution in [0.3, 0.4) is 0 Å². The van der Waals surface area contributed by atoms with Gasteiger partial charge in [0.25, 0.3) is 0 Å². The summed E-state index contributed by atoms with van der Waals surface area (Å²) in [6.07, 6.45) is 3.48. The molecular weight excluding hydrogens is 346 g/mol. The number of piperazine rings is 1. The summed E-state index contributed by atoms with van der Waals surface area (Å²) in [6.45, 7) is 16.6. The number of unbranched alkanes of at least 4 members (excludes halogenated alkanes) is 1. The van der Waals surface area contributed by atoms with Crippen LogP contribution in [0.1, 0.15) is 44.7 Å². The van der Waals surface area contributed by atoms with Crippen LogP contribution >= 0.6 is 0 Å². The fourth-order valence-electron chi connectivity index (χ4n) is 3.66. The zero-order valence-electron chi connectivity index (χ0n) is 18.6. The van der Waals surface area contributed by atoms with E-state index in [1.165, 1.54) is 56.8 Å². The van der Waals surface area contributed by atoms with E-state index in [0.29, 0.717) is 0 Å². The van der Waals surface area contributed by atoms with Crippen LogP contribution in [0.4, 0.5) is 0 Å². The summed E-state index contributed by atoms with van der Waals surface area (Å²) in [6, 6.07) is 8.93. The van der Waals surface area contributed by atoms with Gasteiger partial charge >= 0.3 is 0 Å². The van der Waals surface area contributed by atoms with Crippen molar-refractivity contribution in [1.29, 1.82) is 0 Å². The van der Waals surface area contributed by atoms with Crippen molar-refractivity contribution >= 4 is 5.96 Å². The van der Waals surface area contributed by atoms with Crippen LogP contribution in [0.25, 0.3) is 0 Å². The Morgan fingerprint density at radius 1 is 0.964 bits per heavy atom. The lowest BCUT2D eigenvalue weighted by Crippen LogP contribution is -2.46. The molecule has 1 aliphatic rings. The average molecular weight is 388 g/mol. The highest BCUT2D eigenvalue weighted by Crippen LogP contribution is 2.08. The third-order valence-electron chi connectivity index (χ3n) is 5.60. The Labute approximate surface area is 172 Å². The quantitative estimate of drug-likeness (QED) is 0.380. The molecule has 1 aromatic rings. The van der Waals surface area contributed by atoms with Gasteiger partial charge in [-0.25, -0.2) is 0 Å². The number of benzene rings is 1. The number of nitrogens with zero attached hydrogens (tertiary/aromatic N) is 4. The number of nitrogens with one attached hydrogen (secondary N) is 1. The molecule has 0 unspecified atom stereocenters. The third kappa shape index (κ3) is 7.80. The lowest BCUT2D eigenvalue weighted by atomic mass is 10.1. The molecule has 0 atom stereocenters. The van der Waals surface area contributed by atoms with E-state index in [1.807, 2.05) is 0 Å². The minimum Gasteiger partial charge on any atom is -0.357 e. The summed E-state index contributed by atoms with van der Waals surface area (Å²) in [5.74, 6) is 1.01. The maximum Gasteiger partial charge on any atom is 0.193 e. The molecule has 5 heteroatoms. The van der Waals surface area contributed by atoms with Crippen LogP contribution in [0, 0.1) is 0 Å². The standard InChI is InChI=1S/C23H41N5/c1-5-21-10-12-22(13-11-21)20-26(4)23(24-6-2)25-14-8-9-15-28-18-16-27(7-3)17-19-28/h10-13H,5-9,14-20H2,1-4H3,(H,24,25). The monoisotopic (exact) mass is 387 g/mol.